The van der Waals surface area contributed by atoms with E-state index >= 15 is 0 Å². The molecule has 0 radical (unpaired) electrons. The predicted octanol–water partition coefficient (Wildman–Crippen LogP) is -2.18. The molecule has 0 aromatic rings. The van der Waals surface area contributed by atoms with Crippen LogP contribution in [-0.4, -0.2) is 64.7 Å². The Morgan fingerprint density at radius 3 is 2.11 bits per heavy atom. The summed E-state index contributed by atoms with van der Waals surface area (Å²) in [5, 5.41) is 26.7. The van der Waals surface area contributed by atoms with Gasteiger partial charge in [-0.05, 0) is 0 Å². The molecule has 10 heteroatoms. The molecular formula is C9H17NO8S. The zero-order valence-corrected chi connectivity index (χ0v) is 11.2. The van der Waals surface area contributed by atoms with E-state index in [0.29, 0.717) is 0 Å². The Hall–Kier alpha value is -1.23. The minimum absolute atomic E-state index is 0.512. The molecule has 0 aliphatic carbocycles. The maximum atomic E-state index is 11.5. The largest absolute Gasteiger partial charge is 0.480 e. The standard InChI is InChI=1S/C9H17NO8S/c1-9(2,4-11)6(12)7(13)10-3-5(8(14)15)19(16,17)18/h5-6,11-12H,3-4H2,1-2H3,(H,10,13)(H,14,15)(H,16,17,18). The first-order valence-electron chi connectivity index (χ1n) is 5.19. The number of aliphatic hydroxyl groups excluding tert-OH is 2. The number of carbonyl (C=O) groups excluding carboxylic acids is 1. The van der Waals surface area contributed by atoms with Gasteiger partial charge in [0.15, 0.2) is 0 Å². The van der Waals surface area contributed by atoms with Gasteiger partial charge in [0.05, 0.1) is 6.61 Å². The Morgan fingerprint density at radius 2 is 1.79 bits per heavy atom. The Kier molecular flexibility index (Phi) is 5.87. The minimum atomic E-state index is -4.87. The number of carboxylic acids is 1. The fourth-order valence-electron chi connectivity index (χ4n) is 1.05. The Labute approximate surface area is 110 Å². The van der Waals surface area contributed by atoms with Crippen molar-refractivity contribution in [1.82, 2.24) is 5.32 Å². The second-order valence-electron chi connectivity index (χ2n) is 4.64. The lowest BCUT2D eigenvalue weighted by Gasteiger charge is -2.27. The molecule has 112 valence electrons. The molecule has 0 aliphatic rings. The molecule has 0 heterocycles. The van der Waals surface area contributed by atoms with Crippen LogP contribution in [0.5, 0.6) is 0 Å². The zero-order valence-electron chi connectivity index (χ0n) is 10.4. The third kappa shape index (κ3) is 5.11. The topological polar surface area (TPSA) is 161 Å². The number of hydrogen-bond donors (Lipinski definition) is 5. The van der Waals surface area contributed by atoms with Gasteiger partial charge >= 0.3 is 5.97 Å². The second kappa shape index (κ2) is 6.28. The van der Waals surface area contributed by atoms with Gasteiger partial charge in [-0.25, -0.2) is 0 Å². The van der Waals surface area contributed by atoms with Crippen LogP contribution in [0.25, 0.3) is 0 Å². The van der Waals surface area contributed by atoms with Crippen LogP contribution in [0, 0.1) is 5.41 Å². The van der Waals surface area contributed by atoms with Gasteiger partial charge < -0.3 is 20.6 Å². The predicted molar refractivity (Wildman–Crippen MR) is 62.9 cm³/mol. The van der Waals surface area contributed by atoms with Crippen LogP contribution in [-0.2, 0) is 19.7 Å². The summed E-state index contributed by atoms with van der Waals surface area (Å²) in [5.41, 5.74) is -1.18. The molecule has 5 N–H and O–H groups in total. The van der Waals surface area contributed by atoms with Crippen molar-refractivity contribution in [2.75, 3.05) is 13.2 Å². The number of carboxylic acid groups (broad SMARTS) is 1. The van der Waals surface area contributed by atoms with Crippen LogP contribution in [0.4, 0.5) is 0 Å². The van der Waals surface area contributed by atoms with Gasteiger partial charge in [0.25, 0.3) is 10.1 Å². The number of carbonyl (C=O) groups is 2. The number of nitrogens with one attached hydrogen (secondary N) is 1. The summed E-state index contributed by atoms with van der Waals surface area (Å²) in [6.07, 6.45) is -1.66. The van der Waals surface area contributed by atoms with E-state index in [1.807, 2.05) is 5.32 Å². The molecule has 0 spiro atoms. The Bertz CT molecular complexity index is 443. The molecule has 0 rings (SSSR count). The highest BCUT2D eigenvalue weighted by Gasteiger charge is 2.36. The van der Waals surface area contributed by atoms with Crippen molar-refractivity contribution in [3.05, 3.63) is 0 Å². The van der Waals surface area contributed by atoms with Gasteiger partial charge in [0.1, 0.15) is 6.10 Å². The third-order valence-corrected chi connectivity index (χ3v) is 3.58. The van der Waals surface area contributed by atoms with Gasteiger partial charge in [-0.3, -0.25) is 14.1 Å². The summed E-state index contributed by atoms with van der Waals surface area (Å²) in [6.45, 7) is 1.36. The number of hydrogen-bond acceptors (Lipinski definition) is 6. The van der Waals surface area contributed by atoms with Gasteiger partial charge in [0.2, 0.25) is 11.2 Å². The van der Waals surface area contributed by atoms with Crippen molar-refractivity contribution < 1.29 is 37.9 Å². The molecule has 0 aromatic heterocycles. The van der Waals surface area contributed by atoms with E-state index in [2.05, 4.69) is 0 Å². The van der Waals surface area contributed by atoms with Crippen LogP contribution in [0.15, 0.2) is 0 Å². The van der Waals surface area contributed by atoms with Crippen LogP contribution in [0.2, 0.25) is 0 Å². The van der Waals surface area contributed by atoms with Crippen LogP contribution in [0.3, 0.4) is 0 Å². The number of aliphatic hydroxyl groups is 2. The fourth-order valence-corrected chi connectivity index (χ4v) is 1.60. The Balaban J connectivity index is 4.73. The first-order valence-corrected chi connectivity index (χ1v) is 6.69. The highest BCUT2D eigenvalue weighted by molar-refractivity contribution is 7.87. The molecular weight excluding hydrogens is 282 g/mol. The smallest absolute Gasteiger partial charge is 0.326 e. The van der Waals surface area contributed by atoms with Gasteiger partial charge in [-0.2, -0.15) is 8.42 Å². The normalized spacial score (nSPS) is 15.6. The molecule has 19 heavy (non-hydrogen) atoms. The van der Waals surface area contributed by atoms with Crippen molar-refractivity contribution in [2.24, 2.45) is 5.41 Å². The first-order chi connectivity index (χ1) is 8.43. The first kappa shape index (κ1) is 17.8. The lowest BCUT2D eigenvalue weighted by Crippen LogP contribution is -2.49. The highest BCUT2D eigenvalue weighted by Crippen LogP contribution is 2.19. The van der Waals surface area contributed by atoms with Gasteiger partial charge in [0, 0.05) is 12.0 Å². The fraction of sp³-hybridized carbons (Fsp3) is 0.778. The lowest BCUT2D eigenvalue weighted by atomic mass is 9.87. The monoisotopic (exact) mass is 299 g/mol. The van der Waals surface area contributed by atoms with E-state index in [1.165, 1.54) is 13.8 Å². The summed E-state index contributed by atoms with van der Waals surface area (Å²) in [6, 6.07) is 0. The summed E-state index contributed by atoms with van der Waals surface area (Å²) >= 11 is 0. The van der Waals surface area contributed by atoms with Crippen molar-refractivity contribution in [2.45, 2.75) is 25.2 Å². The van der Waals surface area contributed by atoms with Crippen molar-refractivity contribution in [3.63, 3.8) is 0 Å². The molecule has 0 saturated heterocycles. The molecule has 0 aliphatic heterocycles. The molecule has 1 amide bonds. The summed E-state index contributed by atoms with van der Waals surface area (Å²) < 4.78 is 30.1. The lowest BCUT2D eigenvalue weighted by molar-refractivity contribution is -0.138. The summed E-state index contributed by atoms with van der Waals surface area (Å²) in [5.74, 6) is -2.88. The van der Waals surface area contributed by atoms with E-state index in [4.69, 9.17) is 14.8 Å². The van der Waals surface area contributed by atoms with Crippen LogP contribution < -0.4 is 5.32 Å². The van der Waals surface area contributed by atoms with E-state index in [0.717, 1.165) is 0 Å². The molecule has 0 fully saturated rings. The van der Waals surface area contributed by atoms with E-state index in [-0.39, 0.29) is 0 Å². The van der Waals surface area contributed by atoms with Crippen LogP contribution in [0.1, 0.15) is 13.8 Å². The third-order valence-electron chi connectivity index (χ3n) is 2.49. The molecule has 2 unspecified atom stereocenters. The van der Waals surface area contributed by atoms with Crippen molar-refractivity contribution in [3.8, 4) is 0 Å². The number of rotatable bonds is 7. The maximum absolute atomic E-state index is 11.5. The van der Waals surface area contributed by atoms with Gasteiger partial charge in [-0.1, -0.05) is 13.8 Å². The van der Waals surface area contributed by atoms with E-state index in [9.17, 15) is 23.1 Å². The SMILES string of the molecule is CC(C)(CO)C(O)C(=O)NCC(C(=O)O)S(=O)(=O)O. The summed E-state index contributed by atoms with van der Waals surface area (Å²) in [7, 11) is -4.87. The molecule has 2 atom stereocenters. The molecule has 0 aromatic carbocycles. The average molecular weight is 299 g/mol. The maximum Gasteiger partial charge on any atom is 0.326 e. The zero-order chi connectivity index (χ0) is 15.4. The van der Waals surface area contributed by atoms with Crippen molar-refractivity contribution >= 4 is 22.0 Å². The quantitative estimate of drug-likeness (QED) is 0.331. The van der Waals surface area contributed by atoms with Crippen LogP contribution >= 0.6 is 0 Å². The van der Waals surface area contributed by atoms with E-state index < -0.39 is 51.9 Å². The second-order valence-corrected chi connectivity index (χ2v) is 6.24. The Morgan fingerprint density at radius 1 is 1.32 bits per heavy atom. The minimum Gasteiger partial charge on any atom is -0.480 e. The number of amides is 1. The highest BCUT2D eigenvalue weighted by atomic mass is 32.2. The average Bonchev–Trinajstić information content (AvgIpc) is 2.25. The van der Waals surface area contributed by atoms with Gasteiger partial charge in [-0.15, -0.1) is 0 Å². The molecule has 9 nitrogen and oxygen atoms in total. The van der Waals surface area contributed by atoms with Crippen molar-refractivity contribution in [1.29, 1.82) is 0 Å². The molecule has 0 bridgehead atoms. The molecule has 0 saturated carbocycles. The number of aliphatic carboxylic acids is 1. The summed E-state index contributed by atoms with van der Waals surface area (Å²) in [4.78, 5) is 22.0. The van der Waals surface area contributed by atoms with E-state index in [1.54, 1.807) is 0 Å².